The van der Waals surface area contributed by atoms with Crippen molar-refractivity contribution in [1.82, 2.24) is 9.55 Å². The van der Waals surface area contributed by atoms with E-state index < -0.39 is 41.1 Å². The van der Waals surface area contributed by atoms with Gasteiger partial charge in [0.05, 0.1) is 12.5 Å². The highest BCUT2D eigenvalue weighted by Crippen LogP contribution is 2.52. The maximum absolute atomic E-state index is 12.2. The molecule has 3 heterocycles. The number of aliphatic hydroxyl groups is 1. The Morgan fingerprint density at radius 1 is 1.29 bits per heavy atom. The molecule has 8 nitrogen and oxygen atoms in total. The summed E-state index contributed by atoms with van der Waals surface area (Å²) in [5.41, 5.74) is -2.25. The van der Waals surface area contributed by atoms with Gasteiger partial charge in [0.2, 0.25) is 0 Å². The van der Waals surface area contributed by atoms with E-state index in [2.05, 4.69) is 4.98 Å². The first-order valence-corrected chi connectivity index (χ1v) is 8.58. The molecule has 24 heavy (non-hydrogen) atoms. The van der Waals surface area contributed by atoms with Crippen LogP contribution in [-0.4, -0.2) is 50.7 Å². The SMILES string of the molecule is O=c1ccn([C@@H]2O[C@@](CO)(CCl)[C@H]3OC4(CCCC4)OC23)c(=O)[nH]1. The van der Waals surface area contributed by atoms with Gasteiger partial charge >= 0.3 is 5.69 Å². The molecule has 1 saturated carbocycles. The maximum Gasteiger partial charge on any atom is 0.330 e. The number of nitrogens with one attached hydrogen (secondary N) is 1. The van der Waals surface area contributed by atoms with E-state index in [-0.39, 0.29) is 12.5 Å². The quantitative estimate of drug-likeness (QED) is 0.742. The Morgan fingerprint density at radius 2 is 2.04 bits per heavy atom. The number of nitrogens with zero attached hydrogens (tertiary/aromatic N) is 1. The van der Waals surface area contributed by atoms with Crippen molar-refractivity contribution in [3.05, 3.63) is 33.1 Å². The topological polar surface area (TPSA) is 103 Å². The molecule has 2 saturated heterocycles. The Morgan fingerprint density at radius 3 is 2.67 bits per heavy atom. The number of halogens is 1. The fourth-order valence-electron chi connectivity index (χ4n) is 3.89. The third-order valence-electron chi connectivity index (χ3n) is 5.13. The van der Waals surface area contributed by atoms with Gasteiger partial charge in [-0.05, 0) is 12.8 Å². The standard InChI is InChI=1S/C15H19ClN2O6/c16-7-14(8-19)11-10(22-15(23-11)4-1-2-5-15)12(24-14)18-6-3-9(20)17-13(18)21/h3,6,10-12,19H,1-2,4-5,7-8H2,(H,17,20,21)/t10?,11-,12+,14+/m0/s1. The Balaban J connectivity index is 1.75. The van der Waals surface area contributed by atoms with Crippen molar-refractivity contribution in [3.8, 4) is 0 Å². The van der Waals surface area contributed by atoms with E-state index in [4.69, 9.17) is 25.8 Å². The summed E-state index contributed by atoms with van der Waals surface area (Å²) in [5.74, 6) is -0.700. The number of fused-ring (bicyclic) bond motifs is 1. The van der Waals surface area contributed by atoms with Crippen LogP contribution in [-0.2, 0) is 14.2 Å². The van der Waals surface area contributed by atoms with Gasteiger partial charge < -0.3 is 19.3 Å². The lowest BCUT2D eigenvalue weighted by Gasteiger charge is -2.32. The zero-order chi connectivity index (χ0) is 16.9. The van der Waals surface area contributed by atoms with Gasteiger partial charge in [0.1, 0.15) is 17.8 Å². The first kappa shape index (κ1) is 16.3. The molecule has 1 aromatic heterocycles. The summed E-state index contributed by atoms with van der Waals surface area (Å²) in [4.78, 5) is 25.7. The summed E-state index contributed by atoms with van der Waals surface area (Å²) in [7, 11) is 0. The Kier molecular flexibility index (Phi) is 3.85. The molecule has 1 spiro atoms. The highest BCUT2D eigenvalue weighted by atomic mass is 35.5. The molecule has 0 amide bonds. The monoisotopic (exact) mass is 358 g/mol. The molecular weight excluding hydrogens is 340 g/mol. The minimum Gasteiger partial charge on any atom is -0.393 e. The molecule has 2 aliphatic heterocycles. The van der Waals surface area contributed by atoms with Gasteiger partial charge in [0.15, 0.2) is 12.0 Å². The highest BCUT2D eigenvalue weighted by Gasteiger charge is 2.65. The van der Waals surface area contributed by atoms with Gasteiger partial charge in [0, 0.05) is 25.1 Å². The molecule has 2 N–H and O–H groups in total. The average Bonchev–Trinajstić information content (AvgIpc) is 3.24. The number of alkyl halides is 1. The predicted octanol–water partition coefficient (Wildman–Crippen LogP) is 0.0896. The predicted molar refractivity (Wildman–Crippen MR) is 82.9 cm³/mol. The van der Waals surface area contributed by atoms with Crippen molar-refractivity contribution in [2.75, 3.05) is 12.5 Å². The summed E-state index contributed by atoms with van der Waals surface area (Å²) in [5, 5.41) is 9.88. The van der Waals surface area contributed by atoms with Crippen LogP contribution in [0.15, 0.2) is 21.9 Å². The molecule has 3 fully saturated rings. The second kappa shape index (κ2) is 5.67. The van der Waals surface area contributed by atoms with Crippen LogP contribution < -0.4 is 11.2 Å². The van der Waals surface area contributed by atoms with Crippen molar-refractivity contribution in [2.24, 2.45) is 0 Å². The van der Waals surface area contributed by atoms with Crippen molar-refractivity contribution >= 4 is 11.6 Å². The lowest BCUT2D eigenvalue weighted by molar-refractivity contribution is -0.235. The zero-order valence-electron chi connectivity index (χ0n) is 12.9. The van der Waals surface area contributed by atoms with E-state index in [0.29, 0.717) is 0 Å². The van der Waals surface area contributed by atoms with E-state index >= 15 is 0 Å². The summed E-state index contributed by atoms with van der Waals surface area (Å²) < 4.78 is 19.5. The largest absolute Gasteiger partial charge is 0.393 e. The highest BCUT2D eigenvalue weighted by molar-refractivity contribution is 6.18. The summed E-state index contributed by atoms with van der Waals surface area (Å²) in [6, 6.07) is 1.24. The summed E-state index contributed by atoms with van der Waals surface area (Å²) >= 11 is 6.08. The van der Waals surface area contributed by atoms with Crippen LogP contribution in [0.2, 0.25) is 0 Å². The fourth-order valence-corrected chi connectivity index (χ4v) is 4.19. The second-order valence-electron chi connectivity index (χ2n) is 6.62. The third kappa shape index (κ3) is 2.28. The van der Waals surface area contributed by atoms with E-state index in [0.717, 1.165) is 25.7 Å². The summed E-state index contributed by atoms with van der Waals surface area (Å²) in [6.45, 7) is -0.355. The molecule has 3 aliphatic rings. The van der Waals surface area contributed by atoms with Crippen LogP contribution in [0.3, 0.4) is 0 Å². The molecule has 4 rings (SSSR count). The molecule has 0 aromatic carbocycles. The van der Waals surface area contributed by atoms with Gasteiger partial charge in [0.25, 0.3) is 5.56 Å². The number of ether oxygens (including phenoxy) is 3. The first-order valence-electron chi connectivity index (χ1n) is 8.04. The maximum atomic E-state index is 12.2. The normalized spacial score (nSPS) is 37.2. The molecule has 0 bridgehead atoms. The minimum atomic E-state index is -1.15. The number of aliphatic hydroxyl groups excluding tert-OH is 1. The number of hydrogen-bond donors (Lipinski definition) is 2. The lowest BCUT2D eigenvalue weighted by atomic mass is 9.98. The lowest BCUT2D eigenvalue weighted by Crippen LogP contribution is -2.48. The van der Waals surface area contributed by atoms with Gasteiger partial charge in [-0.25, -0.2) is 4.79 Å². The first-order chi connectivity index (χ1) is 11.5. The minimum absolute atomic E-state index is 0.00128. The van der Waals surface area contributed by atoms with E-state index in [1.54, 1.807) is 0 Å². The molecule has 9 heteroatoms. The van der Waals surface area contributed by atoms with Gasteiger partial charge in [-0.2, -0.15) is 0 Å². The number of aromatic amines is 1. The molecule has 4 atom stereocenters. The Bertz CT molecular complexity index is 736. The zero-order valence-corrected chi connectivity index (χ0v) is 13.7. The molecule has 1 aliphatic carbocycles. The average molecular weight is 359 g/mol. The number of hydrogen-bond acceptors (Lipinski definition) is 6. The second-order valence-corrected chi connectivity index (χ2v) is 6.89. The molecular formula is C15H19ClN2O6. The van der Waals surface area contributed by atoms with Crippen LogP contribution in [0.5, 0.6) is 0 Å². The Labute approximate surface area is 142 Å². The molecule has 1 aromatic rings. The van der Waals surface area contributed by atoms with Crippen LogP contribution >= 0.6 is 11.6 Å². The van der Waals surface area contributed by atoms with Crippen molar-refractivity contribution in [2.45, 2.75) is 55.5 Å². The smallest absolute Gasteiger partial charge is 0.330 e. The number of rotatable bonds is 3. The van der Waals surface area contributed by atoms with Gasteiger partial charge in [-0.1, -0.05) is 0 Å². The summed E-state index contributed by atoms with van der Waals surface area (Å²) in [6.07, 6.45) is 2.87. The van der Waals surface area contributed by atoms with Crippen LogP contribution in [0, 0.1) is 0 Å². The van der Waals surface area contributed by atoms with E-state index in [9.17, 15) is 14.7 Å². The number of aromatic nitrogens is 2. The van der Waals surface area contributed by atoms with Crippen molar-refractivity contribution in [1.29, 1.82) is 0 Å². The molecule has 132 valence electrons. The van der Waals surface area contributed by atoms with Crippen LogP contribution in [0.4, 0.5) is 0 Å². The van der Waals surface area contributed by atoms with Crippen LogP contribution in [0.25, 0.3) is 0 Å². The van der Waals surface area contributed by atoms with Crippen LogP contribution in [0.1, 0.15) is 31.9 Å². The number of H-pyrrole nitrogens is 1. The fraction of sp³-hybridized carbons (Fsp3) is 0.733. The molecule has 0 radical (unpaired) electrons. The van der Waals surface area contributed by atoms with Crippen molar-refractivity contribution in [3.63, 3.8) is 0 Å². The Hall–Kier alpha value is -1.19. The van der Waals surface area contributed by atoms with Gasteiger partial charge in [-0.3, -0.25) is 14.3 Å². The third-order valence-corrected chi connectivity index (χ3v) is 5.58. The van der Waals surface area contributed by atoms with E-state index in [1.807, 2.05) is 0 Å². The molecule has 1 unspecified atom stereocenters. The van der Waals surface area contributed by atoms with Gasteiger partial charge in [-0.15, -0.1) is 11.6 Å². The van der Waals surface area contributed by atoms with E-state index in [1.165, 1.54) is 16.8 Å². The van der Waals surface area contributed by atoms with Crippen molar-refractivity contribution < 1.29 is 19.3 Å².